The van der Waals surface area contributed by atoms with Gasteiger partial charge in [-0.3, -0.25) is 4.98 Å². The minimum absolute atomic E-state index is 0.812. The molecule has 0 unspecified atom stereocenters. The molecule has 2 aromatic carbocycles. The van der Waals surface area contributed by atoms with Crippen molar-refractivity contribution < 1.29 is 0 Å². The van der Waals surface area contributed by atoms with E-state index in [-0.39, 0.29) is 0 Å². The number of pyridine rings is 2. The van der Waals surface area contributed by atoms with Crippen molar-refractivity contribution in [1.29, 1.82) is 0 Å². The second-order valence-electron chi connectivity index (χ2n) is 6.69. The first-order valence-corrected chi connectivity index (χ1v) is 9.03. The average Bonchev–Trinajstić information content (AvgIpc) is 3.06. The van der Waals surface area contributed by atoms with Crippen LogP contribution in [0.4, 0.5) is 0 Å². The molecule has 0 N–H and O–H groups in total. The molecule has 0 saturated heterocycles. The highest BCUT2D eigenvalue weighted by molar-refractivity contribution is 6.03. The first-order valence-electron chi connectivity index (χ1n) is 9.03. The quantitative estimate of drug-likeness (QED) is 0.466. The molecule has 0 fully saturated rings. The molecule has 5 rings (SSSR count). The number of nitrogens with zero attached hydrogens (tertiary/aromatic N) is 4. The largest absolute Gasteiger partial charge is 0.252 e. The lowest BCUT2D eigenvalue weighted by Crippen LogP contribution is -1.98. The highest BCUT2D eigenvalue weighted by atomic mass is 15.3. The summed E-state index contributed by atoms with van der Waals surface area (Å²) >= 11 is 0. The fourth-order valence-electron chi connectivity index (χ4n) is 3.51. The van der Waals surface area contributed by atoms with Crippen molar-refractivity contribution in [3.8, 4) is 5.69 Å². The van der Waals surface area contributed by atoms with Crippen LogP contribution in [0.25, 0.3) is 27.6 Å². The fourth-order valence-corrected chi connectivity index (χ4v) is 3.51. The minimum Gasteiger partial charge on any atom is -0.252 e. The average molecular weight is 350 g/mol. The highest BCUT2D eigenvalue weighted by Gasteiger charge is 2.15. The van der Waals surface area contributed by atoms with Crippen LogP contribution in [0, 0.1) is 6.92 Å². The zero-order valence-electron chi connectivity index (χ0n) is 15.0. The van der Waals surface area contributed by atoms with E-state index in [1.165, 1.54) is 5.56 Å². The second kappa shape index (κ2) is 6.32. The highest BCUT2D eigenvalue weighted by Crippen LogP contribution is 2.27. The van der Waals surface area contributed by atoms with E-state index >= 15 is 0 Å². The Bertz CT molecular complexity index is 1240. The number of hydrogen-bond acceptors (Lipinski definition) is 3. The topological polar surface area (TPSA) is 43.6 Å². The van der Waals surface area contributed by atoms with Crippen LogP contribution in [0.1, 0.15) is 17.0 Å². The Morgan fingerprint density at radius 3 is 2.37 bits per heavy atom. The normalized spacial score (nSPS) is 11.3. The van der Waals surface area contributed by atoms with Gasteiger partial charge in [0, 0.05) is 23.7 Å². The van der Waals surface area contributed by atoms with Crippen molar-refractivity contribution in [3.63, 3.8) is 0 Å². The third kappa shape index (κ3) is 2.75. The maximum absolute atomic E-state index is 4.97. The molecule has 3 heterocycles. The molecule has 130 valence electrons. The van der Waals surface area contributed by atoms with Gasteiger partial charge < -0.3 is 0 Å². The third-order valence-electron chi connectivity index (χ3n) is 4.81. The van der Waals surface area contributed by atoms with E-state index in [1.807, 2.05) is 54.2 Å². The number of para-hydroxylation sites is 1. The summed E-state index contributed by atoms with van der Waals surface area (Å²) in [6.07, 6.45) is 2.70. The molecule has 4 heteroatoms. The maximum atomic E-state index is 4.97. The van der Waals surface area contributed by atoms with Gasteiger partial charge in [-0.1, -0.05) is 48.5 Å². The summed E-state index contributed by atoms with van der Waals surface area (Å²) in [5, 5.41) is 6.79. The summed E-state index contributed by atoms with van der Waals surface area (Å²) in [7, 11) is 0. The Hall–Kier alpha value is -3.53. The molecular formula is C23H18N4. The Morgan fingerprint density at radius 1 is 0.852 bits per heavy atom. The van der Waals surface area contributed by atoms with Gasteiger partial charge >= 0.3 is 0 Å². The van der Waals surface area contributed by atoms with Gasteiger partial charge in [0.2, 0.25) is 0 Å². The van der Waals surface area contributed by atoms with Crippen LogP contribution in [0.15, 0.2) is 79.0 Å². The molecule has 0 bridgehead atoms. The lowest BCUT2D eigenvalue weighted by atomic mass is 10.1. The van der Waals surface area contributed by atoms with Gasteiger partial charge in [-0.25, -0.2) is 9.67 Å². The third-order valence-corrected chi connectivity index (χ3v) is 4.81. The number of fused-ring (bicyclic) bond motifs is 3. The summed E-state index contributed by atoms with van der Waals surface area (Å²) < 4.78 is 1.90. The summed E-state index contributed by atoms with van der Waals surface area (Å²) in [4.78, 5) is 9.65. The smallest absolute Gasteiger partial charge is 0.165 e. The number of hydrogen-bond donors (Lipinski definition) is 0. The van der Waals surface area contributed by atoms with E-state index in [1.54, 1.807) is 0 Å². The predicted molar refractivity (Wildman–Crippen MR) is 108 cm³/mol. The molecule has 4 nitrogen and oxygen atoms in total. The molecule has 0 amide bonds. The molecule has 3 aromatic heterocycles. The minimum atomic E-state index is 0.812. The van der Waals surface area contributed by atoms with E-state index in [9.17, 15) is 0 Å². The van der Waals surface area contributed by atoms with Crippen LogP contribution in [-0.2, 0) is 6.42 Å². The van der Waals surface area contributed by atoms with Gasteiger partial charge in [0.1, 0.15) is 0 Å². The standard InChI is InChI=1S/C23H18N4/c1-16-21-22-18(12-13-19(25-22)14-17-8-4-2-5-9-17)15-24-23(21)27(26-16)20-10-6-3-7-11-20/h2-13,15H,14H2,1H3. The first-order chi connectivity index (χ1) is 13.3. The van der Waals surface area contributed by atoms with Crippen molar-refractivity contribution in [1.82, 2.24) is 19.7 Å². The van der Waals surface area contributed by atoms with Crippen molar-refractivity contribution in [2.24, 2.45) is 0 Å². The van der Waals surface area contributed by atoms with E-state index in [0.29, 0.717) is 0 Å². The van der Waals surface area contributed by atoms with E-state index in [0.717, 1.165) is 45.4 Å². The van der Waals surface area contributed by atoms with Gasteiger partial charge in [0.15, 0.2) is 5.65 Å². The molecule has 0 radical (unpaired) electrons. The van der Waals surface area contributed by atoms with E-state index < -0.39 is 0 Å². The Kier molecular flexibility index (Phi) is 3.68. The fraction of sp³-hybridized carbons (Fsp3) is 0.0870. The lowest BCUT2D eigenvalue weighted by molar-refractivity contribution is 0.878. The molecule has 5 aromatic rings. The van der Waals surface area contributed by atoms with Gasteiger partial charge in [0.05, 0.1) is 22.3 Å². The monoisotopic (exact) mass is 350 g/mol. The molecule has 0 saturated carbocycles. The molecule has 0 aliphatic carbocycles. The molecule has 0 aliphatic rings. The van der Waals surface area contributed by atoms with E-state index in [2.05, 4.69) is 41.4 Å². The Morgan fingerprint density at radius 2 is 1.59 bits per heavy atom. The second-order valence-corrected chi connectivity index (χ2v) is 6.69. The van der Waals surface area contributed by atoms with Crippen LogP contribution in [-0.4, -0.2) is 19.7 Å². The molecular weight excluding hydrogens is 332 g/mol. The van der Waals surface area contributed by atoms with Crippen LogP contribution in [0.2, 0.25) is 0 Å². The van der Waals surface area contributed by atoms with Gasteiger partial charge in [-0.15, -0.1) is 0 Å². The predicted octanol–water partition coefficient (Wildman–Crippen LogP) is 4.87. The summed E-state index contributed by atoms with van der Waals surface area (Å²) in [6.45, 7) is 2.02. The SMILES string of the molecule is Cc1nn(-c2ccccc2)c2ncc3ccc(Cc4ccccc4)nc3c12. The molecule has 0 aliphatic heterocycles. The zero-order valence-corrected chi connectivity index (χ0v) is 15.0. The van der Waals surface area contributed by atoms with Crippen LogP contribution >= 0.6 is 0 Å². The van der Waals surface area contributed by atoms with Crippen molar-refractivity contribution in [2.75, 3.05) is 0 Å². The van der Waals surface area contributed by atoms with Crippen LogP contribution in [0.3, 0.4) is 0 Å². The van der Waals surface area contributed by atoms with Gasteiger partial charge in [0.25, 0.3) is 0 Å². The number of aromatic nitrogens is 4. The molecule has 27 heavy (non-hydrogen) atoms. The van der Waals surface area contributed by atoms with Gasteiger partial charge in [-0.05, 0) is 36.8 Å². The van der Waals surface area contributed by atoms with Crippen molar-refractivity contribution in [3.05, 3.63) is 95.9 Å². The lowest BCUT2D eigenvalue weighted by Gasteiger charge is -2.06. The number of rotatable bonds is 3. The number of aryl methyl sites for hydroxylation is 1. The zero-order chi connectivity index (χ0) is 18.2. The number of benzene rings is 2. The Labute approximate surface area is 157 Å². The van der Waals surface area contributed by atoms with Crippen LogP contribution in [0.5, 0.6) is 0 Å². The first kappa shape index (κ1) is 15.7. The summed E-state index contributed by atoms with van der Waals surface area (Å²) in [6, 6.07) is 24.7. The van der Waals surface area contributed by atoms with Crippen molar-refractivity contribution in [2.45, 2.75) is 13.3 Å². The van der Waals surface area contributed by atoms with E-state index in [4.69, 9.17) is 10.1 Å². The maximum Gasteiger partial charge on any atom is 0.165 e. The summed E-state index contributed by atoms with van der Waals surface area (Å²) in [5.74, 6) is 0. The van der Waals surface area contributed by atoms with Gasteiger partial charge in [-0.2, -0.15) is 5.10 Å². The van der Waals surface area contributed by atoms with Crippen LogP contribution < -0.4 is 0 Å². The Balaban J connectivity index is 1.69. The van der Waals surface area contributed by atoms with Crippen molar-refractivity contribution >= 4 is 21.9 Å². The molecule has 0 spiro atoms. The summed E-state index contributed by atoms with van der Waals surface area (Å²) in [5.41, 5.74) is 6.06. The molecule has 0 atom stereocenters.